The summed E-state index contributed by atoms with van der Waals surface area (Å²) >= 11 is 0.937. The molecular formula is C15H15F4N3O3S2. The number of amides is 2. The average molecular weight is 425 g/mol. The van der Waals surface area contributed by atoms with E-state index in [1.165, 1.54) is 23.6 Å². The normalized spacial score (nSPS) is 12.0. The van der Waals surface area contributed by atoms with Crippen molar-refractivity contribution in [3.63, 3.8) is 0 Å². The Morgan fingerprint density at radius 1 is 1.26 bits per heavy atom. The Kier molecular flexibility index (Phi) is 6.76. The summed E-state index contributed by atoms with van der Waals surface area (Å²) in [5, 5.41) is 6.28. The van der Waals surface area contributed by atoms with E-state index in [1.54, 1.807) is 6.07 Å². The summed E-state index contributed by atoms with van der Waals surface area (Å²) in [4.78, 5) is 15.7. The topological polar surface area (TPSA) is 88.2 Å². The molecule has 1 aromatic carbocycles. The Balaban J connectivity index is 1.85. The van der Waals surface area contributed by atoms with Crippen molar-refractivity contribution >= 4 is 32.3 Å². The Morgan fingerprint density at radius 3 is 2.67 bits per heavy atom. The van der Waals surface area contributed by atoms with Gasteiger partial charge in [-0.3, -0.25) is 5.32 Å². The van der Waals surface area contributed by atoms with Crippen LogP contribution in [0.15, 0.2) is 29.6 Å². The third-order valence-electron chi connectivity index (χ3n) is 3.18. The Morgan fingerprint density at radius 2 is 2.00 bits per heavy atom. The van der Waals surface area contributed by atoms with Gasteiger partial charge in [0.2, 0.25) is 0 Å². The van der Waals surface area contributed by atoms with E-state index in [9.17, 15) is 30.8 Å². The zero-order valence-electron chi connectivity index (χ0n) is 13.7. The molecule has 0 fully saturated rings. The summed E-state index contributed by atoms with van der Waals surface area (Å²) in [6, 6.07) is 5.00. The van der Waals surface area contributed by atoms with Gasteiger partial charge in [0.05, 0.1) is 23.6 Å². The van der Waals surface area contributed by atoms with Gasteiger partial charge >= 0.3 is 12.2 Å². The van der Waals surface area contributed by atoms with Crippen molar-refractivity contribution in [2.24, 2.45) is 0 Å². The van der Waals surface area contributed by atoms with Crippen LogP contribution >= 0.6 is 11.3 Å². The first-order valence-corrected chi connectivity index (χ1v) is 10.2. The predicted octanol–water partition coefficient (Wildman–Crippen LogP) is 3.47. The zero-order valence-corrected chi connectivity index (χ0v) is 15.3. The standard InChI is InChI=1S/C15H15F4N3O3S2/c16-11-3-1-2-10(6-11)7-20-13(23)22-14-21-12(8-26-14)9-27(24,25)5-4-15(17,18)19/h1-3,6,8H,4-5,7,9H2,(H2,20,21,22,23). The van der Waals surface area contributed by atoms with Crippen LogP contribution in [-0.2, 0) is 22.1 Å². The smallest absolute Gasteiger partial charge is 0.334 e. The number of nitrogens with zero attached hydrogens (tertiary/aromatic N) is 1. The molecule has 2 amide bonds. The van der Waals surface area contributed by atoms with Crippen molar-refractivity contribution < 1.29 is 30.8 Å². The van der Waals surface area contributed by atoms with E-state index < -0.39 is 45.8 Å². The third kappa shape index (κ3) is 7.91. The van der Waals surface area contributed by atoms with Crippen molar-refractivity contribution in [3.05, 3.63) is 46.7 Å². The number of benzene rings is 1. The van der Waals surface area contributed by atoms with Crippen molar-refractivity contribution in [2.45, 2.75) is 24.9 Å². The highest BCUT2D eigenvalue weighted by Crippen LogP contribution is 2.22. The maximum atomic E-state index is 13.0. The maximum absolute atomic E-state index is 13.0. The van der Waals surface area contributed by atoms with E-state index in [-0.39, 0.29) is 17.4 Å². The summed E-state index contributed by atoms with van der Waals surface area (Å²) in [5.41, 5.74) is 0.586. The van der Waals surface area contributed by atoms with E-state index in [1.807, 2.05) is 0 Å². The molecule has 1 aromatic heterocycles. The van der Waals surface area contributed by atoms with Gasteiger partial charge in [-0.25, -0.2) is 22.6 Å². The monoisotopic (exact) mass is 425 g/mol. The number of rotatable bonds is 7. The third-order valence-corrected chi connectivity index (χ3v) is 5.55. The highest BCUT2D eigenvalue weighted by atomic mass is 32.2. The van der Waals surface area contributed by atoms with Crippen LogP contribution < -0.4 is 10.6 Å². The zero-order chi connectivity index (χ0) is 20.1. The largest absolute Gasteiger partial charge is 0.390 e. The van der Waals surface area contributed by atoms with Crippen molar-refractivity contribution in [3.8, 4) is 0 Å². The molecule has 0 saturated heterocycles. The number of halogens is 4. The maximum Gasteiger partial charge on any atom is 0.390 e. The van der Waals surface area contributed by atoms with Gasteiger partial charge in [-0.05, 0) is 17.7 Å². The number of urea groups is 1. The van der Waals surface area contributed by atoms with Crippen LogP contribution in [0.2, 0.25) is 0 Å². The van der Waals surface area contributed by atoms with Gasteiger partial charge in [-0.15, -0.1) is 11.3 Å². The first-order chi connectivity index (χ1) is 12.5. The number of alkyl halides is 3. The summed E-state index contributed by atoms with van der Waals surface area (Å²) in [6.07, 6.45) is -5.98. The molecule has 2 N–H and O–H groups in total. The Labute approximate surface area is 156 Å². The van der Waals surface area contributed by atoms with Gasteiger partial charge < -0.3 is 5.32 Å². The molecule has 6 nitrogen and oxygen atoms in total. The molecule has 27 heavy (non-hydrogen) atoms. The summed E-state index contributed by atoms with van der Waals surface area (Å²) in [7, 11) is -3.97. The second kappa shape index (κ2) is 8.65. The molecular weight excluding hydrogens is 410 g/mol. The number of carbonyl (C=O) groups excluding carboxylic acids is 1. The molecule has 2 rings (SSSR count). The minimum Gasteiger partial charge on any atom is -0.334 e. The molecule has 0 radical (unpaired) electrons. The lowest BCUT2D eigenvalue weighted by atomic mass is 10.2. The Hall–Kier alpha value is -2.21. The van der Waals surface area contributed by atoms with E-state index in [4.69, 9.17) is 0 Å². The number of thiazole rings is 1. The van der Waals surface area contributed by atoms with Crippen molar-refractivity contribution in [2.75, 3.05) is 11.1 Å². The summed E-state index contributed by atoms with van der Waals surface area (Å²) in [5.74, 6) is -2.11. The molecule has 0 unspecified atom stereocenters. The molecule has 0 spiro atoms. The molecule has 0 aliphatic heterocycles. The number of hydrogen-bond donors (Lipinski definition) is 2. The number of anilines is 1. The van der Waals surface area contributed by atoms with Crippen LogP contribution in [0.1, 0.15) is 17.7 Å². The fourth-order valence-electron chi connectivity index (χ4n) is 1.97. The molecule has 0 saturated carbocycles. The molecule has 148 valence electrons. The first kappa shape index (κ1) is 21.1. The van der Waals surface area contributed by atoms with Crippen LogP contribution in [0.3, 0.4) is 0 Å². The van der Waals surface area contributed by atoms with Crippen LogP contribution in [0.4, 0.5) is 27.5 Å². The van der Waals surface area contributed by atoms with Crippen LogP contribution in [0.25, 0.3) is 0 Å². The van der Waals surface area contributed by atoms with E-state index in [0.29, 0.717) is 5.56 Å². The van der Waals surface area contributed by atoms with E-state index in [2.05, 4.69) is 15.6 Å². The molecule has 0 bridgehead atoms. The molecule has 0 aliphatic rings. The fraction of sp³-hybridized carbons (Fsp3) is 0.333. The fourth-order valence-corrected chi connectivity index (χ4v) is 4.07. The summed E-state index contributed by atoms with van der Waals surface area (Å²) < 4.78 is 72.9. The van der Waals surface area contributed by atoms with Gasteiger partial charge in [0, 0.05) is 11.9 Å². The lowest BCUT2D eigenvalue weighted by Gasteiger charge is -2.06. The number of aromatic nitrogens is 1. The number of carbonyl (C=O) groups is 1. The van der Waals surface area contributed by atoms with Crippen LogP contribution in [0.5, 0.6) is 0 Å². The minimum absolute atomic E-state index is 0.0441. The van der Waals surface area contributed by atoms with Gasteiger partial charge in [0.1, 0.15) is 5.82 Å². The van der Waals surface area contributed by atoms with Crippen LogP contribution in [0, 0.1) is 5.82 Å². The highest BCUT2D eigenvalue weighted by Gasteiger charge is 2.30. The molecule has 0 atom stereocenters. The minimum atomic E-state index is -4.55. The molecule has 12 heteroatoms. The molecule has 1 heterocycles. The predicted molar refractivity (Wildman–Crippen MR) is 92.5 cm³/mol. The van der Waals surface area contributed by atoms with Gasteiger partial charge in [0.15, 0.2) is 15.0 Å². The lowest BCUT2D eigenvalue weighted by Crippen LogP contribution is -2.28. The van der Waals surface area contributed by atoms with Gasteiger partial charge in [-0.2, -0.15) is 13.2 Å². The number of sulfone groups is 1. The number of hydrogen-bond acceptors (Lipinski definition) is 5. The summed E-state index contributed by atoms with van der Waals surface area (Å²) in [6.45, 7) is 0.0631. The number of nitrogens with one attached hydrogen (secondary N) is 2. The second-order valence-corrected chi connectivity index (χ2v) is 8.58. The SMILES string of the molecule is O=C(NCc1cccc(F)c1)Nc1nc(CS(=O)(=O)CCC(F)(F)F)cs1. The molecule has 2 aromatic rings. The highest BCUT2D eigenvalue weighted by molar-refractivity contribution is 7.90. The van der Waals surface area contributed by atoms with Crippen molar-refractivity contribution in [1.29, 1.82) is 0 Å². The quantitative estimate of drug-likeness (QED) is 0.665. The van der Waals surface area contributed by atoms with Gasteiger partial charge in [-0.1, -0.05) is 12.1 Å². The first-order valence-electron chi connectivity index (χ1n) is 7.53. The average Bonchev–Trinajstić information content (AvgIpc) is 2.97. The van der Waals surface area contributed by atoms with E-state index in [0.717, 1.165) is 11.3 Å². The Bertz CT molecular complexity index is 898. The second-order valence-electron chi connectivity index (χ2n) is 5.54. The van der Waals surface area contributed by atoms with Crippen LogP contribution in [-0.4, -0.2) is 31.4 Å². The molecule has 0 aliphatic carbocycles. The lowest BCUT2D eigenvalue weighted by molar-refractivity contribution is -0.129. The van der Waals surface area contributed by atoms with Crippen molar-refractivity contribution in [1.82, 2.24) is 10.3 Å². The van der Waals surface area contributed by atoms with Gasteiger partial charge in [0.25, 0.3) is 0 Å². The van der Waals surface area contributed by atoms with E-state index >= 15 is 0 Å².